The number of carboxylic acid groups (broad SMARTS) is 1. The standard InChI is InChI=1S/C12H14ClNO3/c13-7-1-2-11(15)14-8-9-3-5-10(6-4-9)12(16)17/h3-6H,1-2,7-8H2,(H,14,15)(H,16,17). The lowest BCUT2D eigenvalue weighted by atomic mass is 10.1. The van der Waals surface area contributed by atoms with Gasteiger partial charge in [-0.3, -0.25) is 4.79 Å². The summed E-state index contributed by atoms with van der Waals surface area (Å²) in [6.45, 7) is 0.404. The first-order valence-corrected chi connectivity index (χ1v) is 5.82. The number of carboxylic acids is 1. The highest BCUT2D eigenvalue weighted by Gasteiger charge is 2.03. The molecule has 0 saturated heterocycles. The maximum Gasteiger partial charge on any atom is 0.335 e. The topological polar surface area (TPSA) is 66.4 Å². The Hall–Kier alpha value is -1.55. The van der Waals surface area contributed by atoms with Crippen LogP contribution in [0.1, 0.15) is 28.8 Å². The van der Waals surface area contributed by atoms with Crippen molar-refractivity contribution in [2.45, 2.75) is 19.4 Å². The van der Waals surface area contributed by atoms with Crippen molar-refractivity contribution in [3.05, 3.63) is 35.4 Å². The number of nitrogens with one attached hydrogen (secondary N) is 1. The first-order valence-electron chi connectivity index (χ1n) is 5.28. The second-order valence-corrected chi connectivity index (χ2v) is 3.95. The van der Waals surface area contributed by atoms with E-state index in [0.717, 1.165) is 5.56 Å². The molecule has 1 amide bonds. The van der Waals surface area contributed by atoms with Gasteiger partial charge >= 0.3 is 5.97 Å². The minimum absolute atomic E-state index is 0.0482. The fourth-order valence-electron chi connectivity index (χ4n) is 1.28. The van der Waals surface area contributed by atoms with Gasteiger partial charge < -0.3 is 10.4 Å². The number of carbonyl (C=O) groups is 2. The van der Waals surface area contributed by atoms with E-state index in [-0.39, 0.29) is 11.5 Å². The third-order valence-electron chi connectivity index (χ3n) is 2.23. The monoisotopic (exact) mass is 255 g/mol. The minimum atomic E-state index is -0.956. The van der Waals surface area contributed by atoms with Crippen LogP contribution in [0.25, 0.3) is 0 Å². The number of halogens is 1. The summed E-state index contributed by atoms with van der Waals surface area (Å²) in [7, 11) is 0. The van der Waals surface area contributed by atoms with Gasteiger partial charge in [-0.2, -0.15) is 0 Å². The molecule has 2 N–H and O–H groups in total. The van der Waals surface area contributed by atoms with Gasteiger partial charge in [0, 0.05) is 18.8 Å². The third-order valence-corrected chi connectivity index (χ3v) is 2.50. The summed E-state index contributed by atoms with van der Waals surface area (Å²) in [6, 6.07) is 6.40. The second-order valence-electron chi connectivity index (χ2n) is 3.57. The van der Waals surface area contributed by atoms with Crippen LogP contribution >= 0.6 is 11.6 Å². The highest BCUT2D eigenvalue weighted by Crippen LogP contribution is 2.04. The molecule has 4 nitrogen and oxygen atoms in total. The Bertz CT molecular complexity index is 389. The van der Waals surface area contributed by atoms with Crippen molar-refractivity contribution in [3.8, 4) is 0 Å². The van der Waals surface area contributed by atoms with Gasteiger partial charge in [-0.05, 0) is 24.1 Å². The number of amides is 1. The van der Waals surface area contributed by atoms with Crippen molar-refractivity contribution in [1.29, 1.82) is 0 Å². The van der Waals surface area contributed by atoms with Crippen LogP contribution < -0.4 is 5.32 Å². The van der Waals surface area contributed by atoms with Crippen LogP contribution in [0.4, 0.5) is 0 Å². The van der Waals surface area contributed by atoms with Gasteiger partial charge in [0.25, 0.3) is 0 Å². The molecule has 0 aliphatic heterocycles. The largest absolute Gasteiger partial charge is 0.478 e. The van der Waals surface area contributed by atoms with E-state index < -0.39 is 5.97 Å². The minimum Gasteiger partial charge on any atom is -0.478 e. The zero-order valence-corrected chi connectivity index (χ0v) is 10.0. The fraction of sp³-hybridized carbons (Fsp3) is 0.333. The van der Waals surface area contributed by atoms with Crippen LogP contribution in [0.2, 0.25) is 0 Å². The molecule has 0 bridgehead atoms. The van der Waals surface area contributed by atoms with Crippen molar-refractivity contribution in [2.75, 3.05) is 5.88 Å². The van der Waals surface area contributed by atoms with Crippen molar-refractivity contribution in [2.24, 2.45) is 0 Å². The van der Waals surface area contributed by atoms with Crippen LogP contribution in [0.15, 0.2) is 24.3 Å². The van der Waals surface area contributed by atoms with Crippen LogP contribution in [-0.2, 0) is 11.3 Å². The molecule has 5 heteroatoms. The summed E-state index contributed by atoms with van der Waals surface area (Å²) < 4.78 is 0. The van der Waals surface area contributed by atoms with Gasteiger partial charge in [-0.1, -0.05) is 12.1 Å². The Balaban J connectivity index is 2.42. The van der Waals surface area contributed by atoms with E-state index in [1.54, 1.807) is 12.1 Å². The van der Waals surface area contributed by atoms with Gasteiger partial charge in [0.15, 0.2) is 0 Å². The van der Waals surface area contributed by atoms with Gasteiger partial charge in [0.1, 0.15) is 0 Å². The Kier molecular flexibility index (Phi) is 5.49. The smallest absolute Gasteiger partial charge is 0.335 e. The molecule has 17 heavy (non-hydrogen) atoms. The van der Waals surface area contributed by atoms with Crippen molar-refractivity contribution < 1.29 is 14.7 Å². The molecule has 92 valence electrons. The van der Waals surface area contributed by atoms with Gasteiger partial charge in [-0.25, -0.2) is 4.79 Å². The van der Waals surface area contributed by atoms with E-state index in [1.807, 2.05) is 0 Å². The predicted octanol–water partition coefficient (Wildman–Crippen LogP) is 2.02. The highest BCUT2D eigenvalue weighted by molar-refractivity contribution is 6.17. The Morgan fingerprint density at radius 2 is 1.88 bits per heavy atom. The number of rotatable bonds is 6. The third kappa shape index (κ3) is 4.87. The molecule has 0 radical (unpaired) electrons. The van der Waals surface area contributed by atoms with E-state index in [0.29, 0.717) is 25.3 Å². The average molecular weight is 256 g/mol. The summed E-state index contributed by atoms with van der Waals surface area (Å²) >= 11 is 5.47. The summed E-state index contributed by atoms with van der Waals surface area (Å²) in [5.41, 5.74) is 1.11. The molecule has 0 aromatic heterocycles. The highest BCUT2D eigenvalue weighted by atomic mass is 35.5. The van der Waals surface area contributed by atoms with Crippen molar-refractivity contribution in [1.82, 2.24) is 5.32 Å². The summed E-state index contributed by atoms with van der Waals surface area (Å²) in [4.78, 5) is 21.9. The molecule has 0 aliphatic carbocycles. The molecule has 0 atom stereocenters. The normalized spacial score (nSPS) is 9.94. The zero-order valence-electron chi connectivity index (χ0n) is 9.28. The summed E-state index contributed by atoms with van der Waals surface area (Å²) in [5.74, 6) is -0.531. The van der Waals surface area contributed by atoms with E-state index in [2.05, 4.69) is 5.32 Å². The van der Waals surface area contributed by atoms with E-state index in [9.17, 15) is 9.59 Å². The number of benzene rings is 1. The molecule has 1 aromatic carbocycles. The average Bonchev–Trinajstić information content (AvgIpc) is 2.34. The lowest BCUT2D eigenvalue weighted by Crippen LogP contribution is -2.22. The van der Waals surface area contributed by atoms with Crippen LogP contribution in [0.5, 0.6) is 0 Å². The quantitative estimate of drug-likeness (QED) is 0.765. The van der Waals surface area contributed by atoms with E-state index in [4.69, 9.17) is 16.7 Å². The van der Waals surface area contributed by atoms with Gasteiger partial charge in [0.2, 0.25) is 5.91 Å². The van der Waals surface area contributed by atoms with E-state index in [1.165, 1.54) is 12.1 Å². The molecule has 0 saturated carbocycles. The number of aromatic carboxylic acids is 1. The molecule has 0 unspecified atom stereocenters. The molecule has 0 spiro atoms. The second kappa shape index (κ2) is 6.91. The molecular formula is C12H14ClNO3. The first-order chi connectivity index (χ1) is 8.13. The fourth-order valence-corrected chi connectivity index (χ4v) is 1.42. The van der Waals surface area contributed by atoms with Crippen molar-refractivity contribution >= 4 is 23.5 Å². The summed E-state index contributed by atoms with van der Waals surface area (Å²) in [5, 5.41) is 11.4. The molecule has 0 heterocycles. The Morgan fingerprint density at radius 3 is 2.41 bits per heavy atom. The lowest BCUT2D eigenvalue weighted by molar-refractivity contribution is -0.121. The van der Waals surface area contributed by atoms with Crippen molar-refractivity contribution in [3.63, 3.8) is 0 Å². The maximum atomic E-state index is 11.3. The number of hydrogen-bond donors (Lipinski definition) is 2. The number of hydrogen-bond acceptors (Lipinski definition) is 2. The maximum absolute atomic E-state index is 11.3. The summed E-state index contributed by atoms with van der Waals surface area (Å²) in [6.07, 6.45) is 1.07. The van der Waals surface area contributed by atoms with Gasteiger partial charge in [0.05, 0.1) is 5.56 Å². The van der Waals surface area contributed by atoms with E-state index >= 15 is 0 Å². The zero-order chi connectivity index (χ0) is 12.7. The Labute approximate surface area is 105 Å². The van der Waals surface area contributed by atoms with Gasteiger partial charge in [-0.15, -0.1) is 11.6 Å². The predicted molar refractivity (Wildman–Crippen MR) is 65.2 cm³/mol. The molecule has 0 fully saturated rings. The number of alkyl halides is 1. The van der Waals surface area contributed by atoms with Crippen LogP contribution in [-0.4, -0.2) is 22.9 Å². The van der Waals surface area contributed by atoms with Crippen LogP contribution in [0, 0.1) is 0 Å². The Morgan fingerprint density at radius 1 is 1.24 bits per heavy atom. The molecular weight excluding hydrogens is 242 g/mol. The molecule has 1 aromatic rings. The first kappa shape index (κ1) is 13.5. The van der Waals surface area contributed by atoms with Crippen LogP contribution in [0.3, 0.4) is 0 Å². The molecule has 0 aliphatic rings. The number of carbonyl (C=O) groups excluding carboxylic acids is 1. The SMILES string of the molecule is O=C(CCCCl)NCc1ccc(C(=O)O)cc1. The lowest BCUT2D eigenvalue weighted by Gasteiger charge is -2.05. The molecule has 1 rings (SSSR count).